The van der Waals surface area contributed by atoms with Gasteiger partial charge in [-0.15, -0.1) is 16.9 Å². The zero-order chi connectivity index (χ0) is 39.3. The molecule has 4 atom stereocenters. The van der Waals surface area contributed by atoms with Gasteiger partial charge in [0.25, 0.3) is 5.91 Å². The third-order valence-corrected chi connectivity index (χ3v) is 10.8. The Morgan fingerprint density at radius 1 is 1.07 bits per heavy atom. The number of β-lactam (4-membered cyclic amide) rings is 1. The molecule has 0 spiro atoms. The van der Waals surface area contributed by atoms with Crippen LogP contribution in [0.4, 0.5) is 9.59 Å². The number of nitrogens with two attached hydrogens (primary N) is 1. The van der Waals surface area contributed by atoms with Gasteiger partial charge in [-0.1, -0.05) is 36.0 Å². The third-order valence-electron chi connectivity index (χ3n) is 8.41. The van der Waals surface area contributed by atoms with Crippen molar-refractivity contribution in [2.24, 2.45) is 12.8 Å². The van der Waals surface area contributed by atoms with E-state index in [1.165, 1.54) is 45.6 Å². The van der Waals surface area contributed by atoms with E-state index in [0.29, 0.717) is 21.2 Å². The van der Waals surface area contributed by atoms with Gasteiger partial charge in [0.15, 0.2) is 0 Å². The van der Waals surface area contributed by atoms with Crippen LogP contribution in [0.5, 0.6) is 0 Å². The first-order valence-corrected chi connectivity index (χ1v) is 18.2. The summed E-state index contributed by atoms with van der Waals surface area (Å²) >= 11 is 2.37. The van der Waals surface area contributed by atoms with Crippen molar-refractivity contribution in [1.29, 1.82) is 0 Å². The van der Waals surface area contributed by atoms with E-state index < -0.39 is 77.8 Å². The maximum Gasteiger partial charge on any atom is 1.00 e. The number of hydrogen-bond acceptors (Lipinski definition) is 17. The molecule has 0 aliphatic carbocycles. The number of imide groups is 1. The van der Waals surface area contributed by atoms with Crippen molar-refractivity contribution in [3.05, 3.63) is 46.7 Å². The molecule has 56 heavy (non-hydrogen) atoms. The fourth-order valence-corrected chi connectivity index (χ4v) is 7.81. The molecule has 1 aromatic carbocycles. The zero-order valence-corrected chi connectivity index (χ0v) is 36.2. The van der Waals surface area contributed by atoms with Crippen LogP contribution in [0.3, 0.4) is 0 Å². The molecule has 3 aliphatic rings. The van der Waals surface area contributed by atoms with E-state index in [1.807, 2.05) is 0 Å². The van der Waals surface area contributed by atoms with Crippen LogP contribution >= 0.6 is 23.5 Å². The van der Waals surface area contributed by atoms with Crippen molar-refractivity contribution < 1.29 is 112 Å². The third kappa shape index (κ3) is 10.6. The number of aromatic nitrogens is 4. The molecular weight excluding hydrogens is 801 g/mol. The van der Waals surface area contributed by atoms with Crippen LogP contribution in [-0.2, 0) is 47.1 Å². The molecule has 2 saturated heterocycles. The summed E-state index contributed by atoms with van der Waals surface area (Å²) in [6, 6.07) is 0.538. The Kier molecular flexibility index (Phi) is 17.2. The summed E-state index contributed by atoms with van der Waals surface area (Å²) in [5, 5.41) is 41.1. The number of benzene rings is 1. The van der Waals surface area contributed by atoms with Crippen molar-refractivity contribution in [2.45, 2.75) is 42.1 Å². The fraction of sp³-hybridized carbons (Fsp3) is 0.433. The maximum atomic E-state index is 13.9. The van der Waals surface area contributed by atoms with Crippen LogP contribution in [-0.4, -0.2) is 138 Å². The average Bonchev–Trinajstić information content (AvgIpc) is 3.57. The van der Waals surface area contributed by atoms with Gasteiger partial charge in [0.05, 0.1) is 23.7 Å². The number of nitrogens with one attached hydrogen (secondary N) is 3. The SMILES string of the molecule is CCN1CCN(C(=O)N[C@@H](C(=O)N[C@@H]2C(=O)N3C(C(=O)[O-])=C(CSc4nnnn4C)CS[C@@H]23)c2ccc(CNC(=O)OCC(N)C(=O)[O-])cc2)C(=O)C1=O.[Na+].[Na+]. The molecule has 5 rings (SSSR count). The number of tetrazole rings is 1. The van der Waals surface area contributed by atoms with Gasteiger partial charge in [-0.05, 0) is 34.1 Å². The molecule has 2 fully saturated rings. The van der Waals surface area contributed by atoms with Gasteiger partial charge in [-0.25, -0.2) is 14.3 Å². The smallest absolute Gasteiger partial charge is 0.548 e. The van der Waals surface area contributed by atoms with Crippen molar-refractivity contribution in [3.8, 4) is 0 Å². The predicted octanol–water partition coefficient (Wildman–Crippen LogP) is -10.8. The largest absolute Gasteiger partial charge is 1.00 e. The molecular formula is C30H33N11Na2O11S2. The minimum absolute atomic E-state index is 0. The number of carbonyl (C=O) groups is 8. The molecule has 0 bridgehead atoms. The van der Waals surface area contributed by atoms with E-state index in [4.69, 9.17) is 10.5 Å². The van der Waals surface area contributed by atoms with Gasteiger partial charge < -0.3 is 51.1 Å². The summed E-state index contributed by atoms with van der Waals surface area (Å²) < 4.78 is 6.13. The second-order valence-electron chi connectivity index (χ2n) is 11.9. The Bertz CT molecular complexity index is 1900. The van der Waals surface area contributed by atoms with E-state index in [2.05, 4.69) is 31.5 Å². The number of rotatable bonds is 14. The molecule has 26 heteroatoms. The number of aliphatic carboxylic acids is 2. The summed E-state index contributed by atoms with van der Waals surface area (Å²) in [5.74, 6) is -6.48. The molecule has 2 aromatic rings. The number of thioether (sulfide) groups is 2. The molecule has 0 radical (unpaired) electrons. The molecule has 288 valence electrons. The van der Waals surface area contributed by atoms with E-state index in [1.54, 1.807) is 14.0 Å². The predicted molar refractivity (Wildman–Crippen MR) is 179 cm³/mol. The molecule has 3 aliphatic heterocycles. The fourth-order valence-electron chi connectivity index (χ4n) is 5.47. The number of carboxylic acids is 2. The van der Waals surface area contributed by atoms with E-state index >= 15 is 0 Å². The molecule has 1 unspecified atom stereocenters. The number of nitrogens with zero attached hydrogens (tertiary/aromatic N) is 7. The van der Waals surface area contributed by atoms with Gasteiger partial charge in [0, 0.05) is 44.7 Å². The first-order valence-electron chi connectivity index (χ1n) is 16.1. The minimum Gasteiger partial charge on any atom is -0.548 e. The number of piperazine rings is 1. The minimum atomic E-state index is -1.60. The number of alkyl carbamates (subject to hydrolysis) is 1. The zero-order valence-electron chi connectivity index (χ0n) is 30.6. The molecule has 22 nitrogen and oxygen atoms in total. The number of fused-ring (bicyclic) bond motifs is 1. The first-order chi connectivity index (χ1) is 25.7. The van der Waals surface area contributed by atoms with Crippen molar-refractivity contribution in [3.63, 3.8) is 0 Å². The Morgan fingerprint density at radius 3 is 2.38 bits per heavy atom. The summed E-state index contributed by atoms with van der Waals surface area (Å²) in [6.45, 7) is 1.12. The topological polar surface area (TPSA) is 307 Å². The summed E-state index contributed by atoms with van der Waals surface area (Å²) in [7, 11) is 1.61. The number of ether oxygens (including phenoxy) is 1. The average molecular weight is 834 g/mol. The maximum absolute atomic E-state index is 13.9. The number of carbonyl (C=O) groups excluding carboxylic acids is 8. The number of aryl methyl sites for hydroxylation is 1. The van der Waals surface area contributed by atoms with Crippen molar-refractivity contribution >= 4 is 71.2 Å². The Hall–Kier alpha value is -3.75. The quantitative estimate of drug-likeness (QED) is 0.0594. The van der Waals surface area contributed by atoms with Gasteiger partial charge >= 0.3 is 83.1 Å². The van der Waals surface area contributed by atoms with Crippen LogP contribution in [0.2, 0.25) is 0 Å². The summed E-state index contributed by atoms with van der Waals surface area (Å²) in [6.07, 6.45) is -0.965. The van der Waals surface area contributed by atoms with Crippen molar-refractivity contribution in [2.75, 3.05) is 37.7 Å². The Balaban J connectivity index is 0.00000420. The first kappa shape index (κ1) is 46.6. The van der Waals surface area contributed by atoms with Gasteiger partial charge in [-0.3, -0.25) is 29.0 Å². The van der Waals surface area contributed by atoms with Crippen LogP contribution in [0, 0.1) is 0 Å². The van der Waals surface area contributed by atoms with E-state index in [0.717, 1.165) is 16.7 Å². The number of likely N-dealkylation sites (N-methyl/N-ethyl adjacent to an activating group) is 1. The van der Waals surface area contributed by atoms with E-state index in [-0.39, 0.29) is 108 Å². The van der Waals surface area contributed by atoms with Crippen LogP contribution in [0.1, 0.15) is 24.1 Å². The Labute approximate surface area is 370 Å². The molecule has 7 amide bonds. The number of carboxylic acid groups (broad SMARTS) is 2. The molecule has 4 heterocycles. The second kappa shape index (κ2) is 20.6. The number of hydrogen-bond donors (Lipinski definition) is 4. The number of amides is 7. The summed E-state index contributed by atoms with van der Waals surface area (Å²) in [4.78, 5) is 104. The monoisotopic (exact) mass is 833 g/mol. The van der Waals surface area contributed by atoms with Gasteiger partial charge in [0.2, 0.25) is 11.1 Å². The van der Waals surface area contributed by atoms with Crippen molar-refractivity contribution in [1.82, 2.24) is 50.9 Å². The molecule has 5 N–H and O–H groups in total. The molecule has 0 saturated carbocycles. The normalized spacial score (nSPS) is 18.7. The number of urea groups is 1. The van der Waals surface area contributed by atoms with E-state index in [9.17, 15) is 48.6 Å². The standard InChI is InChI=1S/C30H35N11O11S2.2Na/c1-3-39-8-9-40(24(45)23(39)44)28(50)34-18(15-6-4-14(5-7-15)10-32-30(51)52-11-17(31)26(46)47)21(42)33-19-22(43)41-20(27(48)49)16(12-53-25(19)41)13-54-29-35-36-37-38(29)2;;/h4-7,17-19,25H,3,8-13,31H2,1-2H3,(H,32,51)(H,33,42)(H,34,50)(H,46,47)(H,48,49);;/q;2*+1/p-2/t17?,18-,19-,25+;;/m1../s1. The van der Waals surface area contributed by atoms with Gasteiger partial charge in [0.1, 0.15) is 24.1 Å². The summed E-state index contributed by atoms with van der Waals surface area (Å²) in [5.41, 5.74) is 5.97. The van der Waals surface area contributed by atoms with Crippen LogP contribution in [0.15, 0.2) is 40.7 Å². The second-order valence-corrected chi connectivity index (χ2v) is 13.9. The van der Waals surface area contributed by atoms with Crippen LogP contribution in [0.25, 0.3) is 0 Å². The van der Waals surface area contributed by atoms with Gasteiger partial charge in [-0.2, -0.15) is 0 Å². The Morgan fingerprint density at radius 2 is 1.77 bits per heavy atom. The molecule has 1 aromatic heterocycles. The van der Waals surface area contributed by atoms with Crippen LogP contribution < -0.4 is 91.0 Å².